The molecule has 120 valence electrons. The van der Waals surface area contributed by atoms with Crippen LogP contribution in [0.1, 0.15) is 26.7 Å². The van der Waals surface area contributed by atoms with E-state index in [-0.39, 0.29) is 17.2 Å². The fraction of sp³-hybridized carbons (Fsp3) is 0.571. The molecule has 0 saturated carbocycles. The van der Waals surface area contributed by atoms with E-state index >= 15 is 0 Å². The van der Waals surface area contributed by atoms with Gasteiger partial charge in [0.1, 0.15) is 16.4 Å². The normalized spacial score (nSPS) is 12.2. The third-order valence-electron chi connectivity index (χ3n) is 3.68. The molecule has 0 heterocycles. The average Bonchev–Trinajstić information content (AvgIpc) is 2.51. The highest BCUT2D eigenvalue weighted by Gasteiger charge is 2.26. The van der Waals surface area contributed by atoms with E-state index in [9.17, 15) is 8.42 Å². The number of benzene rings is 1. The summed E-state index contributed by atoms with van der Waals surface area (Å²) in [5.41, 5.74) is 5.57. The number of ether oxygens (including phenoxy) is 2. The zero-order valence-corrected chi connectivity index (χ0v) is 13.8. The molecule has 0 aromatic heterocycles. The number of nitrogens with two attached hydrogens (primary N) is 1. The average molecular weight is 316 g/mol. The Morgan fingerprint density at radius 3 is 2.29 bits per heavy atom. The van der Waals surface area contributed by atoms with E-state index < -0.39 is 15.6 Å². The zero-order chi connectivity index (χ0) is 16.1. The second-order valence-electron chi connectivity index (χ2n) is 4.91. The van der Waals surface area contributed by atoms with Crippen molar-refractivity contribution in [3.05, 3.63) is 18.2 Å². The maximum absolute atomic E-state index is 12.4. The molecule has 0 amide bonds. The van der Waals surface area contributed by atoms with Gasteiger partial charge in [-0.2, -0.15) is 0 Å². The lowest BCUT2D eigenvalue weighted by molar-refractivity contribution is 0.382. The molecule has 7 heteroatoms. The van der Waals surface area contributed by atoms with E-state index in [1.807, 2.05) is 13.8 Å². The van der Waals surface area contributed by atoms with Crippen molar-refractivity contribution in [2.75, 3.05) is 20.8 Å². The van der Waals surface area contributed by atoms with Gasteiger partial charge in [-0.25, -0.2) is 13.1 Å². The SMILES string of the molecule is CCC(N)(CC)CNS(=O)(=O)c1ccc(OC)cc1OC. The van der Waals surface area contributed by atoms with Gasteiger partial charge >= 0.3 is 0 Å². The van der Waals surface area contributed by atoms with Crippen molar-refractivity contribution < 1.29 is 17.9 Å². The lowest BCUT2D eigenvalue weighted by Gasteiger charge is -2.26. The van der Waals surface area contributed by atoms with Crippen molar-refractivity contribution in [2.24, 2.45) is 5.73 Å². The number of nitrogens with one attached hydrogen (secondary N) is 1. The summed E-state index contributed by atoms with van der Waals surface area (Å²) in [6.45, 7) is 4.05. The van der Waals surface area contributed by atoms with E-state index in [2.05, 4.69) is 4.72 Å². The molecule has 0 saturated heterocycles. The summed E-state index contributed by atoms with van der Waals surface area (Å²) in [7, 11) is -0.770. The van der Waals surface area contributed by atoms with E-state index in [0.717, 1.165) is 0 Å². The highest BCUT2D eigenvalue weighted by molar-refractivity contribution is 7.89. The van der Waals surface area contributed by atoms with Gasteiger partial charge in [0.05, 0.1) is 14.2 Å². The van der Waals surface area contributed by atoms with Gasteiger partial charge in [0, 0.05) is 18.2 Å². The van der Waals surface area contributed by atoms with Crippen LogP contribution >= 0.6 is 0 Å². The fourth-order valence-corrected chi connectivity index (χ4v) is 3.10. The van der Waals surface area contributed by atoms with E-state index in [1.165, 1.54) is 26.4 Å². The van der Waals surface area contributed by atoms with Crippen LogP contribution in [0.15, 0.2) is 23.1 Å². The smallest absolute Gasteiger partial charge is 0.244 e. The number of sulfonamides is 1. The third-order valence-corrected chi connectivity index (χ3v) is 5.12. The molecule has 0 spiro atoms. The molecule has 1 aromatic rings. The molecule has 1 aromatic carbocycles. The summed E-state index contributed by atoms with van der Waals surface area (Å²) in [6.07, 6.45) is 1.37. The lowest BCUT2D eigenvalue weighted by atomic mass is 9.95. The van der Waals surface area contributed by atoms with Crippen molar-refractivity contribution in [1.82, 2.24) is 4.72 Å². The Morgan fingerprint density at radius 2 is 1.81 bits per heavy atom. The van der Waals surface area contributed by atoms with Gasteiger partial charge in [0.15, 0.2) is 0 Å². The first kappa shape index (κ1) is 17.7. The van der Waals surface area contributed by atoms with Crippen molar-refractivity contribution >= 4 is 10.0 Å². The van der Waals surface area contributed by atoms with Gasteiger partial charge in [0.2, 0.25) is 10.0 Å². The minimum Gasteiger partial charge on any atom is -0.497 e. The summed E-state index contributed by atoms with van der Waals surface area (Å²) in [4.78, 5) is 0.0698. The van der Waals surface area contributed by atoms with Gasteiger partial charge in [-0.05, 0) is 25.0 Å². The first-order valence-corrected chi connectivity index (χ1v) is 8.30. The lowest BCUT2D eigenvalue weighted by Crippen LogP contribution is -2.49. The predicted molar refractivity (Wildman–Crippen MR) is 82.2 cm³/mol. The molecule has 3 N–H and O–H groups in total. The van der Waals surface area contributed by atoms with Crippen LogP contribution in [0, 0.1) is 0 Å². The van der Waals surface area contributed by atoms with E-state index in [4.69, 9.17) is 15.2 Å². The predicted octanol–water partition coefficient (Wildman–Crippen LogP) is 1.50. The largest absolute Gasteiger partial charge is 0.497 e. The second-order valence-corrected chi connectivity index (χ2v) is 6.65. The van der Waals surface area contributed by atoms with E-state index in [0.29, 0.717) is 18.6 Å². The third kappa shape index (κ3) is 4.33. The van der Waals surface area contributed by atoms with Crippen LogP contribution in [0.4, 0.5) is 0 Å². The van der Waals surface area contributed by atoms with Crippen LogP contribution in [-0.2, 0) is 10.0 Å². The molecule has 0 bridgehead atoms. The first-order valence-electron chi connectivity index (χ1n) is 6.82. The Morgan fingerprint density at radius 1 is 1.19 bits per heavy atom. The number of rotatable bonds is 8. The van der Waals surface area contributed by atoms with Gasteiger partial charge in [-0.3, -0.25) is 0 Å². The minimum atomic E-state index is -3.69. The topological polar surface area (TPSA) is 90.7 Å². The van der Waals surface area contributed by atoms with Crippen LogP contribution in [0.25, 0.3) is 0 Å². The van der Waals surface area contributed by atoms with Crippen molar-refractivity contribution in [3.63, 3.8) is 0 Å². The molecule has 0 fully saturated rings. The highest BCUT2D eigenvalue weighted by Crippen LogP contribution is 2.28. The number of methoxy groups -OCH3 is 2. The van der Waals surface area contributed by atoms with Crippen LogP contribution in [0.3, 0.4) is 0 Å². The molecule has 0 radical (unpaired) electrons. The fourth-order valence-electron chi connectivity index (χ4n) is 1.81. The standard InChI is InChI=1S/C14H24N2O4S/c1-5-14(15,6-2)10-16-21(17,18)13-8-7-11(19-3)9-12(13)20-4/h7-9,16H,5-6,10,15H2,1-4H3. The number of hydrogen-bond donors (Lipinski definition) is 2. The van der Waals surface area contributed by atoms with Crippen molar-refractivity contribution in [3.8, 4) is 11.5 Å². The Kier molecular flexibility index (Phi) is 6.00. The van der Waals surface area contributed by atoms with Gasteiger partial charge in [-0.1, -0.05) is 13.8 Å². The Labute approximate surface area is 126 Å². The molecule has 0 aliphatic carbocycles. The molecule has 0 aliphatic heterocycles. The zero-order valence-electron chi connectivity index (χ0n) is 13.0. The molecule has 1 rings (SSSR count). The molecule has 21 heavy (non-hydrogen) atoms. The Bertz CT molecular complexity index is 568. The van der Waals surface area contributed by atoms with Gasteiger partial charge in [-0.15, -0.1) is 0 Å². The first-order chi connectivity index (χ1) is 9.81. The second kappa shape index (κ2) is 7.11. The van der Waals surface area contributed by atoms with Crippen LogP contribution in [-0.4, -0.2) is 34.7 Å². The van der Waals surface area contributed by atoms with E-state index in [1.54, 1.807) is 6.07 Å². The molecular weight excluding hydrogens is 292 g/mol. The summed E-state index contributed by atoms with van der Waals surface area (Å²) >= 11 is 0. The molecule has 0 unspecified atom stereocenters. The molecule has 0 aliphatic rings. The van der Waals surface area contributed by atoms with Gasteiger partial charge in [0.25, 0.3) is 0 Å². The molecular formula is C14H24N2O4S. The van der Waals surface area contributed by atoms with Crippen LogP contribution in [0.2, 0.25) is 0 Å². The van der Waals surface area contributed by atoms with Crippen molar-refractivity contribution in [2.45, 2.75) is 37.1 Å². The Balaban J connectivity index is 3.03. The summed E-state index contributed by atoms with van der Waals surface area (Å²) < 4.78 is 37.5. The number of hydrogen-bond acceptors (Lipinski definition) is 5. The minimum absolute atomic E-state index is 0.0698. The quantitative estimate of drug-likeness (QED) is 0.758. The summed E-state index contributed by atoms with van der Waals surface area (Å²) in [6, 6.07) is 4.56. The monoisotopic (exact) mass is 316 g/mol. The molecule has 6 nitrogen and oxygen atoms in total. The van der Waals surface area contributed by atoms with Gasteiger partial charge < -0.3 is 15.2 Å². The highest BCUT2D eigenvalue weighted by atomic mass is 32.2. The summed E-state index contributed by atoms with van der Waals surface area (Å²) in [5, 5.41) is 0. The maximum Gasteiger partial charge on any atom is 0.244 e. The Hall–Kier alpha value is -1.31. The maximum atomic E-state index is 12.4. The summed E-state index contributed by atoms with van der Waals surface area (Å²) in [5.74, 6) is 0.763. The van der Waals surface area contributed by atoms with Crippen LogP contribution in [0.5, 0.6) is 11.5 Å². The van der Waals surface area contributed by atoms with Crippen molar-refractivity contribution in [1.29, 1.82) is 0 Å². The van der Waals surface area contributed by atoms with Crippen LogP contribution < -0.4 is 19.9 Å². The molecule has 0 atom stereocenters.